The van der Waals surface area contributed by atoms with Crippen LogP contribution >= 0.6 is 0 Å². The predicted molar refractivity (Wildman–Crippen MR) is 77.7 cm³/mol. The van der Waals surface area contributed by atoms with Gasteiger partial charge in [0.25, 0.3) is 0 Å². The lowest BCUT2D eigenvalue weighted by Crippen LogP contribution is -2.38. The van der Waals surface area contributed by atoms with Crippen LogP contribution in [0.2, 0.25) is 0 Å². The molecule has 0 amide bonds. The molecule has 0 bridgehead atoms. The first-order chi connectivity index (χ1) is 8.63. The lowest BCUT2D eigenvalue weighted by atomic mass is 9.59. The van der Waals surface area contributed by atoms with Crippen LogP contribution in [0.25, 0.3) is 0 Å². The third-order valence-corrected chi connectivity index (χ3v) is 5.87. The minimum absolute atomic E-state index is 0.510. The molecule has 0 heteroatoms. The van der Waals surface area contributed by atoms with Gasteiger partial charge in [-0.3, -0.25) is 0 Å². The first-order valence-electron chi connectivity index (χ1n) is 7.50. The molecule has 0 aromatic heterocycles. The molecule has 98 valence electrons. The Balaban J connectivity index is 2.19. The van der Waals surface area contributed by atoms with Gasteiger partial charge in [0.2, 0.25) is 0 Å². The Bertz CT molecular complexity index is 350. The molecular formula is C18H26. The Morgan fingerprint density at radius 2 is 1.83 bits per heavy atom. The summed E-state index contributed by atoms with van der Waals surface area (Å²) in [5.74, 6) is 8.84. The van der Waals surface area contributed by atoms with Gasteiger partial charge in [-0.25, -0.2) is 0 Å². The molecule has 0 nitrogen and oxygen atoms in total. The second-order valence-electron chi connectivity index (χ2n) is 6.74. The van der Waals surface area contributed by atoms with Gasteiger partial charge >= 0.3 is 0 Å². The standard InChI is InChI=1S/C18H26/c1-5-8-15(9-6-2)17-12-11-16-14(3)10-7-13-18(16,17)4/h1-2,14-17H,7-13H2,3-4H3/t14-,16?,17+,18-/m0/s1. The van der Waals surface area contributed by atoms with E-state index in [9.17, 15) is 0 Å². The second kappa shape index (κ2) is 5.40. The van der Waals surface area contributed by atoms with Crippen LogP contribution in [0.1, 0.15) is 58.8 Å². The third kappa shape index (κ3) is 2.19. The SMILES string of the molecule is C#CCC(CC#C)[C@H]1CCC2[C@@H](C)CCC[C@@]21C. The van der Waals surface area contributed by atoms with Gasteiger partial charge in [0.05, 0.1) is 0 Å². The van der Waals surface area contributed by atoms with Crippen LogP contribution in [0.5, 0.6) is 0 Å². The fourth-order valence-electron chi connectivity index (χ4n) is 5.04. The normalized spacial score (nSPS) is 39.1. The highest BCUT2D eigenvalue weighted by atomic mass is 14.6. The van der Waals surface area contributed by atoms with Crippen molar-refractivity contribution in [3.05, 3.63) is 0 Å². The molecule has 0 aliphatic heterocycles. The number of hydrogen-bond acceptors (Lipinski definition) is 0. The molecule has 0 spiro atoms. The Hall–Kier alpha value is -0.880. The molecular weight excluding hydrogens is 216 g/mol. The molecule has 2 aliphatic carbocycles. The van der Waals surface area contributed by atoms with Crippen molar-refractivity contribution in [2.45, 2.75) is 58.8 Å². The topological polar surface area (TPSA) is 0 Å². The Morgan fingerprint density at radius 1 is 1.17 bits per heavy atom. The third-order valence-electron chi connectivity index (χ3n) is 5.87. The summed E-state index contributed by atoms with van der Waals surface area (Å²) in [7, 11) is 0. The van der Waals surface area contributed by atoms with Crippen molar-refractivity contribution in [2.75, 3.05) is 0 Å². The van der Waals surface area contributed by atoms with Crippen LogP contribution in [0, 0.1) is 53.8 Å². The Kier molecular flexibility index (Phi) is 4.07. The maximum Gasteiger partial charge on any atom is 0.0126 e. The van der Waals surface area contributed by atoms with Gasteiger partial charge in [-0.05, 0) is 48.3 Å². The molecule has 0 aromatic rings. The summed E-state index contributed by atoms with van der Waals surface area (Å²) >= 11 is 0. The summed E-state index contributed by atoms with van der Waals surface area (Å²) in [6.45, 7) is 4.97. The van der Waals surface area contributed by atoms with Crippen LogP contribution in [0.3, 0.4) is 0 Å². The molecule has 4 atom stereocenters. The maximum absolute atomic E-state index is 5.55. The molecule has 0 N–H and O–H groups in total. The van der Waals surface area contributed by atoms with Crippen LogP contribution < -0.4 is 0 Å². The number of rotatable bonds is 3. The van der Waals surface area contributed by atoms with E-state index >= 15 is 0 Å². The zero-order valence-electron chi connectivity index (χ0n) is 11.9. The van der Waals surface area contributed by atoms with Crippen molar-refractivity contribution in [1.82, 2.24) is 0 Å². The molecule has 2 rings (SSSR count). The molecule has 0 heterocycles. The molecule has 2 saturated carbocycles. The molecule has 18 heavy (non-hydrogen) atoms. The van der Waals surface area contributed by atoms with Crippen molar-refractivity contribution in [2.24, 2.45) is 29.1 Å². The van der Waals surface area contributed by atoms with Crippen LogP contribution in [0.4, 0.5) is 0 Å². The summed E-state index contributed by atoms with van der Waals surface area (Å²) < 4.78 is 0. The van der Waals surface area contributed by atoms with Crippen molar-refractivity contribution in [3.63, 3.8) is 0 Å². The minimum Gasteiger partial charge on any atom is -0.120 e. The zero-order chi connectivity index (χ0) is 13.2. The van der Waals surface area contributed by atoms with Gasteiger partial charge in [-0.2, -0.15) is 0 Å². The zero-order valence-corrected chi connectivity index (χ0v) is 11.9. The summed E-state index contributed by atoms with van der Waals surface area (Å²) in [5.41, 5.74) is 0.510. The highest BCUT2D eigenvalue weighted by molar-refractivity contribution is 5.05. The fourth-order valence-corrected chi connectivity index (χ4v) is 5.04. The van der Waals surface area contributed by atoms with Gasteiger partial charge in [0, 0.05) is 12.8 Å². The minimum atomic E-state index is 0.510. The molecule has 2 aliphatic rings. The van der Waals surface area contributed by atoms with Gasteiger partial charge < -0.3 is 0 Å². The van der Waals surface area contributed by atoms with E-state index in [-0.39, 0.29) is 0 Å². The van der Waals surface area contributed by atoms with Crippen molar-refractivity contribution in [3.8, 4) is 24.7 Å². The van der Waals surface area contributed by atoms with E-state index < -0.39 is 0 Å². The lowest BCUT2D eigenvalue weighted by Gasteiger charge is -2.46. The molecule has 0 radical (unpaired) electrons. The largest absolute Gasteiger partial charge is 0.120 e. The highest BCUT2D eigenvalue weighted by Crippen LogP contribution is 2.60. The van der Waals surface area contributed by atoms with Crippen LogP contribution in [-0.4, -0.2) is 0 Å². The van der Waals surface area contributed by atoms with Crippen molar-refractivity contribution < 1.29 is 0 Å². The number of fused-ring (bicyclic) bond motifs is 1. The van der Waals surface area contributed by atoms with Crippen LogP contribution in [0.15, 0.2) is 0 Å². The average Bonchev–Trinajstić information content (AvgIpc) is 2.67. The predicted octanol–water partition coefficient (Wildman–Crippen LogP) is 4.50. The average molecular weight is 242 g/mol. The highest BCUT2D eigenvalue weighted by Gasteiger charge is 2.51. The first kappa shape index (κ1) is 13.5. The van der Waals surface area contributed by atoms with Gasteiger partial charge in [-0.15, -0.1) is 24.7 Å². The Morgan fingerprint density at radius 3 is 2.44 bits per heavy atom. The maximum atomic E-state index is 5.55. The molecule has 0 saturated heterocycles. The monoisotopic (exact) mass is 242 g/mol. The fraction of sp³-hybridized carbons (Fsp3) is 0.778. The van der Waals surface area contributed by atoms with Crippen molar-refractivity contribution in [1.29, 1.82) is 0 Å². The van der Waals surface area contributed by atoms with Gasteiger partial charge in [0.15, 0.2) is 0 Å². The lowest BCUT2D eigenvalue weighted by molar-refractivity contribution is 0.0351. The van der Waals surface area contributed by atoms with E-state index in [1.807, 2.05) is 0 Å². The van der Waals surface area contributed by atoms with E-state index in [1.165, 1.54) is 32.1 Å². The van der Waals surface area contributed by atoms with E-state index in [2.05, 4.69) is 25.7 Å². The molecule has 1 unspecified atom stereocenters. The molecule has 2 fully saturated rings. The first-order valence-corrected chi connectivity index (χ1v) is 7.50. The van der Waals surface area contributed by atoms with Gasteiger partial charge in [0.1, 0.15) is 0 Å². The van der Waals surface area contributed by atoms with E-state index in [4.69, 9.17) is 12.8 Å². The number of terminal acetylenes is 2. The summed E-state index contributed by atoms with van der Waals surface area (Å²) in [4.78, 5) is 0. The second-order valence-corrected chi connectivity index (χ2v) is 6.74. The summed E-state index contributed by atoms with van der Waals surface area (Å²) in [5, 5.41) is 0. The quantitative estimate of drug-likeness (QED) is 0.639. The molecule has 0 aromatic carbocycles. The van der Waals surface area contributed by atoms with Gasteiger partial charge in [-0.1, -0.05) is 26.7 Å². The summed E-state index contributed by atoms with van der Waals surface area (Å²) in [6, 6.07) is 0. The smallest absolute Gasteiger partial charge is 0.0126 e. The van der Waals surface area contributed by atoms with E-state index in [0.29, 0.717) is 11.3 Å². The summed E-state index contributed by atoms with van der Waals surface area (Å²) in [6.07, 6.45) is 19.8. The van der Waals surface area contributed by atoms with E-state index in [0.717, 1.165) is 30.6 Å². The van der Waals surface area contributed by atoms with Crippen molar-refractivity contribution >= 4 is 0 Å². The Labute approximate surface area is 113 Å². The van der Waals surface area contributed by atoms with Crippen LogP contribution in [-0.2, 0) is 0 Å². The number of hydrogen-bond donors (Lipinski definition) is 0. The van der Waals surface area contributed by atoms with E-state index in [1.54, 1.807) is 0 Å².